The summed E-state index contributed by atoms with van der Waals surface area (Å²) in [7, 11) is 1.38. The van der Waals surface area contributed by atoms with E-state index in [4.69, 9.17) is 9.15 Å². The van der Waals surface area contributed by atoms with Crippen molar-refractivity contribution in [3.8, 4) is 5.75 Å². The van der Waals surface area contributed by atoms with Crippen molar-refractivity contribution in [2.75, 3.05) is 7.11 Å². The minimum atomic E-state index is -0.365. The first-order valence-electron chi connectivity index (χ1n) is 9.23. The van der Waals surface area contributed by atoms with Gasteiger partial charge in [0.15, 0.2) is 5.76 Å². The van der Waals surface area contributed by atoms with Crippen LogP contribution in [0.3, 0.4) is 0 Å². The summed E-state index contributed by atoms with van der Waals surface area (Å²) in [6.45, 7) is 1.78. The maximum absolute atomic E-state index is 13.6. The zero-order valence-electron chi connectivity index (χ0n) is 15.4. The van der Waals surface area contributed by atoms with Crippen molar-refractivity contribution in [2.24, 2.45) is 0 Å². The van der Waals surface area contributed by atoms with Crippen molar-refractivity contribution in [3.63, 3.8) is 0 Å². The smallest absolute Gasteiger partial charge is 0.290 e. The fourth-order valence-electron chi connectivity index (χ4n) is 4.49. The number of hydrogen-bond donors (Lipinski definition) is 0. The van der Waals surface area contributed by atoms with Gasteiger partial charge in [-0.15, -0.1) is 0 Å². The van der Waals surface area contributed by atoms with E-state index >= 15 is 0 Å². The summed E-state index contributed by atoms with van der Waals surface area (Å²) in [5, 5.41) is 0. The highest BCUT2D eigenvalue weighted by molar-refractivity contribution is 5.92. The molecule has 1 unspecified atom stereocenters. The largest absolute Gasteiger partial charge is 0.490 e. The van der Waals surface area contributed by atoms with Gasteiger partial charge in [0.2, 0.25) is 11.2 Å². The van der Waals surface area contributed by atoms with E-state index in [2.05, 4.69) is 0 Å². The number of fused-ring (bicyclic) bond motifs is 2. The predicted molar refractivity (Wildman–Crippen MR) is 97.6 cm³/mol. The molecule has 2 aliphatic rings. The van der Waals surface area contributed by atoms with Crippen molar-refractivity contribution in [1.29, 1.82) is 0 Å². The standard InChI is InChI=1S/C21H22FNO4/c1-12-7-13(3-6-17(12)22)14-8-15-4-5-16(9-14)23(15)21(25)19-10-18(24)20(26-2)11-27-19/h3,6-7,10-11,14-16H,4-5,8-9H2,1-2H3/t14?,15-,16+. The van der Waals surface area contributed by atoms with Gasteiger partial charge >= 0.3 is 0 Å². The number of nitrogens with zero attached hydrogens (tertiary/aromatic N) is 1. The first-order valence-corrected chi connectivity index (χ1v) is 9.23. The van der Waals surface area contributed by atoms with Crippen LogP contribution in [0.15, 0.2) is 39.7 Å². The van der Waals surface area contributed by atoms with Crippen LogP contribution < -0.4 is 10.2 Å². The van der Waals surface area contributed by atoms with Gasteiger partial charge in [0, 0.05) is 18.2 Å². The molecule has 2 saturated heterocycles. The molecule has 142 valence electrons. The summed E-state index contributed by atoms with van der Waals surface area (Å²) in [6, 6.07) is 6.72. The van der Waals surface area contributed by atoms with Crippen LogP contribution in [-0.4, -0.2) is 30.0 Å². The lowest BCUT2D eigenvalue weighted by Crippen LogP contribution is -2.46. The van der Waals surface area contributed by atoms with E-state index in [0.717, 1.165) is 31.2 Å². The van der Waals surface area contributed by atoms with Crippen LogP contribution in [0.1, 0.15) is 53.3 Å². The summed E-state index contributed by atoms with van der Waals surface area (Å²) in [5.74, 6) is 0.0160. The molecule has 0 aliphatic carbocycles. The van der Waals surface area contributed by atoms with Crippen LogP contribution in [0.4, 0.5) is 4.39 Å². The molecule has 1 aromatic heterocycles. The van der Waals surface area contributed by atoms with E-state index < -0.39 is 0 Å². The minimum absolute atomic E-state index is 0.0498. The molecule has 1 amide bonds. The van der Waals surface area contributed by atoms with Crippen LogP contribution in [-0.2, 0) is 0 Å². The normalized spacial score (nSPS) is 24.1. The average Bonchev–Trinajstić information content (AvgIpc) is 2.92. The van der Waals surface area contributed by atoms with Crippen LogP contribution >= 0.6 is 0 Å². The van der Waals surface area contributed by atoms with Gasteiger partial charge in [-0.2, -0.15) is 0 Å². The second-order valence-electron chi connectivity index (χ2n) is 7.45. The highest BCUT2D eigenvalue weighted by Crippen LogP contribution is 2.43. The van der Waals surface area contributed by atoms with Crippen molar-refractivity contribution in [3.05, 3.63) is 63.5 Å². The number of benzene rings is 1. The van der Waals surface area contributed by atoms with Gasteiger partial charge < -0.3 is 14.1 Å². The van der Waals surface area contributed by atoms with E-state index in [1.54, 1.807) is 6.92 Å². The molecule has 5 nitrogen and oxygen atoms in total. The Morgan fingerprint density at radius 1 is 1.22 bits per heavy atom. The summed E-state index contributed by atoms with van der Waals surface area (Å²) in [6.07, 6.45) is 4.74. The quantitative estimate of drug-likeness (QED) is 0.826. The lowest BCUT2D eigenvalue weighted by molar-refractivity contribution is 0.0535. The van der Waals surface area contributed by atoms with Crippen LogP contribution in [0, 0.1) is 12.7 Å². The fraction of sp³-hybridized carbons (Fsp3) is 0.429. The molecular weight excluding hydrogens is 349 g/mol. The van der Waals surface area contributed by atoms with Crippen molar-refractivity contribution in [1.82, 2.24) is 4.90 Å². The molecule has 2 bridgehead atoms. The molecule has 1 aromatic carbocycles. The minimum Gasteiger partial charge on any atom is -0.490 e. The second-order valence-corrected chi connectivity index (χ2v) is 7.45. The number of carbonyl (C=O) groups excluding carboxylic acids is 1. The monoisotopic (exact) mass is 371 g/mol. The molecular formula is C21H22FNO4. The predicted octanol–water partition coefficient (Wildman–Crippen LogP) is 3.65. The summed E-state index contributed by atoms with van der Waals surface area (Å²) in [5.41, 5.74) is 1.42. The third-order valence-electron chi connectivity index (χ3n) is 5.85. The molecule has 0 N–H and O–H groups in total. The zero-order chi connectivity index (χ0) is 19.1. The van der Waals surface area contributed by atoms with E-state index in [-0.39, 0.29) is 40.7 Å². The number of piperidine rings is 1. The van der Waals surface area contributed by atoms with Gasteiger partial charge in [0.1, 0.15) is 12.1 Å². The lowest BCUT2D eigenvalue weighted by atomic mass is 9.84. The molecule has 2 aliphatic heterocycles. The molecule has 0 spiro atoms. The van der Waals surface area contributed by atoms with Gasteiger partial charge in [-0.25, -0.2) is 4.39 Å². The number of halogens is 1. The first-order chi connectivity index (χ1) is 13.0. The maximum atomic E-state index is 13.6. The molecule has 2 aromatic rings. The van der Waals surface area contributed by atoms with Crippen LogP contribution in [0.25, 0.3) is 0 Å². The Morgan fingerprint density at radius 3 is 2.52 bits per heavy atom. The van der Waals surface area contributed by atoms with Gasteiger partial charge in [-0.3, -0.25) is 9.59 Å². The number of carbonyl (C=O) groups is 1. The Labute approximate surface area is 156 Å². The van der Waals surface area contributed by atoms with Gasteiger partial charge in [-0.1, -0.05) is 12.1 Å². The van der Waals surface area contributed by atoms with E-state index in [1.165, 1.54) is 25.5 Å². The topological polar surface area (TPSA) is 59.8 Å². The molecule has 3 heterocycles. The van der Waals surface area contributed by atoms with Crippen molar-refractivity contribution < 1.29 is 18.3 Å². The molecule has 0 saturated carbocycles. The van der Waals surface area contributed by atoms with Crippen LogP contribution in [0.2, 0.25) is 0 Å². The Bertz CT molecular complexity index is 924. The van der Waals surface area contributed by atoms with Crippen LogP contribution in [0.5, 0.6) is 5.75 Å². The average molecular weight is 371 g/mol. The van der Waals surface area contributed by atoms with E-state index in [1.807, 2.05) is 17.0 Å². The highest BCUT2D eigenvalue weighted by Gasteiger charge is 2.44. The summed E-state index contributed by atoms with van der Waals surface area (Å²) in [4.78, 5) is 26.8. The van der Waals surface area contributed by atoms with Crippen molar-refractivity contribution >= 4 is 5.91 Å². The lowest BCUT2D eigenvalue weighted by Gasteiger charge is -2.39. The molecule has 2 fully saturated rings. The van der Waals surface area contributed by atoms with Gasteiger partial charge in [-0.05, 0) is 55.7 Å². The zero-order valence-corrected chi connectivity index (χ0v) is 15.4. The van der Waals surface area contributed by atoms with Gasteiger partial charge in [0.05, 0.1) is 7.11 Å². The van der Waals surface area contributed by atoms with E-state index in [0.29, 0.717) is 11.5 Å². The summed E-state index contributed by atoms with van der Waals surface area (Å²) < 4.78 is 23.8. The Morgan fingerprint density at radius 2 is 1.93 bits per heavy atom. The summed E-state index contributed by atoms with van der Waals surface area (Å²) >= 11 is 0. The number of methoxy groups -OCH3 is 1. The fourth-order valence-corrected chi connectivity index (χ4v) is 4.49. The number of rotatable bonds is 3. The number of amides is 1. The number of aryl methyl sites for hydroxylation is 1. The third kappa shape index (κ3) is 3.13. The SMILES string of the molecule is COc1coc(C(=O)N2[C@@H]3CC[C@H]2CC(c2ccc(F)c(C)c2)C3)cc1=O. The molecule has 4 rings (SSSR count). The number of hydrogen-bond acceptors (Lipinski definition) is 4. The molecule has 6 heteroatoms. The Balaban J connectivity index is 1.55. The molecule has 3 atom stereocenters. The van der Waals surface area contributed by atoms with Gasteiger partial charge in [0.25, 0.3) is 5.91 Å². The first kappa shape index (κ1) is 17.8. The molecule has 27 heavy (non-hydrogen) atoms. The van der Waals surface area contributed by atoms with E-state index in [9.17, 15) is 14.0 Å². The number of ether oxygens (including phenoxy) is 1. The Hall–Kier alpha value is -2.63. The maximum Gasteiger partial charge on any atom is 0.290 e. The molecule has 0 radical (unpaired) electrons. The Kier molecular flexibility index (Phi) is 4.50. The van der Waals surface area contributed by atoms with Crippen molar-refractivity contribution in [2.45, 2.75) is 50.6 Å². The third-order valence-corrected chi connectivity index (χ3v) is 5.85. The highest BCUT2D eigenvalue weighted by atomic mass is 19.1. The second kappa shape index (κ2) is 6.83.